The summed E-state index contributed by atoms with van der Waals surface area (Å²) in [6.45, 7) is 0. The predicted molar refractivity (Wildman–Crippen MR) is 146 cm³/mol. The first-order chi connectivity index (χ1) is 19.4. The van der Waals surface area contributed by atoms with Crippen LogP contribution in [0, 0.1) is 10.1 Å². The number of non-ortho nitro benzene ring substituents is 1. The summed E-state index contributed by atoms with van der Waals surface area (Å²) in [5, 5.41) is 11.6. The first-order valence-corrected chi connectivity index (χ1v) is 12.1. The van der Waals surface area contributed by atoms with Crippen LogP contribution >= 0.6 is 0 Å². The number of hydrogen-bond donors (Lipinski definition) is 0. The maximum Gasteiger partial charge on any atom is 0.348 e. The summed E-state index contributed by atoms with van der Waals surface area (Å²) in [5.74, 6) is 0.205. The molecule has 0 spiro atoms. The number of rotatable bonds is 6. The lowest BCUT2D eigenvalue weighted by atomic mass is 10.1. The number of allylic oxidation sites excluding steroid dienone is 1. The second-order valence-electron chi connectivity index (χ2n) is 8.87. The summed E-state index contributed by atoms with van der Waals surface area (Å²) >= 11 is 0. The molecule has 0 atom stereocenters. The number of Topliss-reactive ketones (excluding diaryl/α,β-unsaturated/α-hetero) is 1. The van der Waals surface area contributed by atoms with E-state index < -0.39 is 16.7 Å². The standard InChI is InChI=1S/C31H19NO8/c1-37-21-11-13-25-24(16-21)28(30(40-25)19-7-3-2-4-8-19)31(34)38-22-10-12-23-26(17-22)39-27(29(23)33)15-18-6-5-9-20(14-18)32(35)36/h2-17H,1H3/b27-15-. The van der Waals surface area contributed by atoms with Gasteiger partial charge in [-0.1, -0.05) is 42.5 Å². The van der Waals surface area contributed by atoms with Crippen molar-refractivity contribution < 1.29 is 33.1 Å². The quantitative estimate of drug-likeness (QED) is 0.0764. The summed E-state index contributed by atoms with van der Waals surface area (Å²) in [4.78, 5) is 37.0. The first kappa shape index (κ1) is 24.6. The molecule has 1 aromatic heterocycles. The van der Waals surface area contributed by atoms with Crippen molar-refractivity contribution in [2.75, 3.05) is 7.11 Å². The minimum Gasteiger partial charge on any atom is -0.497 e. The zero-order valence-corrected chi connectivity index (χ0v) is 21.0. The molecular formula is C31H19NO8. The molecule has 4 aromatic carbocycles. The molecule has 40 heavy (non-hydrogen) atoms. The Kier molecular flexibility index (Phi) is 6.08. The van der Waals surface area contributed by atoms with Gasteiger partial charge in [0, 0.05) is 29.1 Å². The third kappa shape index (κ3) is 4.45. The maximum atomic E-state index is 13.5. The van der Waals surface area contributed by atoms with Gasteiger partial charge in [-0.25, -0.2) is 4.79 Å². The van der Waals surface area contributed by atoms with E-state index in [1.54, 1.807) is 24.3 Å². The van der Waals surface area contributed by atoms with Crippen LogP contribution in [0.4, 0.5) is 5.69 Å². The van der Waals surface area contributed by atoms with Gasteiger partial charge in [0.2, 0.25) is 5.78 Å². The molecular weight excluding hydrogens is 514 g/mol. The summed E-state index contributed by atoms with van der Waals surface area (Å²) in [7, 11) is 1.53. The number of nitro groups is 1. The van der Waals surface area contributed by atoms with Gasteiger partial charge in [-0.15, -0.1) is 0 Å². The fourth-order valence-electron chi connectivity index (χ4n) is 4.47. The van der Waals surface area contributed by atoms with E-state index in [-0.39, 0.29) is 34.1 Å². The second kappa shape index (κ2) is 9.88. The van der Waals surface area contributed by atoms with Crippen LogP contribution < -0.4 is 14.2 Å². The fourth-order valence-corrected chi connectivity index (χ4v) is 4.47. The minimum atomic E-state index is -0.664. The smallest absolute Gasteiger partial charge is 0.348 e. The lowest BCUT2D eigenvalue weighted by Gasteiger charge is -2.07. The molecule has 0 radical (unpaired) electrons. The van der Waals surface area contributed by atoms with Crippen molar-refractivity contribution in [3.63, 3.8) is 0 Å². The Morgan fingerprint density at radius 2 is 1.73 bits per heavy atom. The number of furan rings is 1. The van der Waals surface area contributed by atoms with Crippen molar-refractivity contribution in [3.8, 4) is 28.6 Å². The highest BCUT2D eigenvalue weighted by atomic mass is 16.6. The normalized spacial score (nSPS) is 13.2. The van der Waals surface area contributed by atoms with Crippen molar-refractivity contribution >= 4 is 34.5 Å². The van der Waals surface area contributed by atoms with Gasteiger partial charge in [0.1, 0.15) is 34.2 Å². The van der Waals surface area contributed by atoms with Crippen molar-refractivity contribution in [3.05, 3.63) is 124 Å². The Morgan fingerprint density at radius 3 is 2.50 bits per heavy atom. The zero-order chi connectivity index (χ0) is 27.8. The van der Waals surface area contributed by atoms with Crippen LogP contribution in [-0.4, -0.2) is 23.8 Å². The van der Waals surface area contributed by atoms with Gasteiger partial charge in [0.15, 0.2) is 5.76 Å². The Labute approximate surface area is 227 Å². The van der Waals surface area contributed by atoms with E-state index in [1.165, 1.54) is 49.6 Å². The molecule has 0 unspecified atom stereocenters. The summed E-state index contributed by atoms with van der Waals surface area (Å²) < 4.78 is 22.9. The molecule has 0 saturated carbocycles. The fraction of sp³-hybridized carbons (Fsp3) is 0.0323. The van der Waals surface area contributed by atoms with Gasteiger partial charge in [0.25, 0.3) is 5.69 Å². The van der Waals surface area contributed by atoms with Crippen molar-refractivity contribution in [2.24, 2.45) is 0 Å². The first-order valence-electron chi connectivity index (χ1n) is 12.1. The summed E-state index contributed by atoms with van der Waals surface area (Å²) in [5.41, 5.74) is 2.02. The number of ether oxygens (including phenoxy) is 3. The molecule has 0 bridgehead atoms. The van der Waals surface area contributed by atoms with Gasteiger partial charge in [-0.2, -0.15) is 0 Å². The Balaban J connectivity index is 1.32. The molecule has 1 aliphatic heterocycles. The highest BCUT2D eigenvalue weighted by Crippen LogP contribution is 2.38. The highest BCUT2D eigenvalue weighted by molar-refractivity contribution is 6.15. The van der Waals surface area contributed by atoms with Gasteiger partial charge in [-0.05, 0) is 42.0 Å². The van der Waals surface area contributed by atoms with E-state index in [0.29, 0.717) is 33.6 Å². The highest BCUT2D eigenvalue weighted by Gasteiger charge is 2.29. The SMILES string of the molecule is COc1ccc2oc(-c3ccccc3)c(C(=O)Oc3ccc4c(c3)O/C(=C\c3cccc([N+](=O)[O-])c3)C4=O)c2c1. The number of nitro benzene ring substituents is 1. The van der Waals surface area contributed by atoms with Crippen LogP contribution in [0.15, 0.2) is 101 Å². The van der Waals surface area contributed by atoms with Gasteiger partial charge in [-0.3, -0.25) is 14.9 Å². The largest absolute Gasteiger partial charge is 0.497 e. The molecule has 0 aliphatic carbocycles. The minimum absolute atomic E-state index is 0.00161. The molecule has 1 aliphatic rings. The molecule has 0 amide bonds. The second-order valence-corrected chi connectivity index (χ2v) is 8.87. The number of benzene rings is 4. The van der Waals surface area contributed by atoms with Crippen LogP contribution in [0.3, 0.4) is 0 Å². The number of hydrogen-bond acceptors (Lipinski definition) is 8. The predicted octanol–water partition coefficient (Wildman–Crippen LogP) is 6.85. The number of nitrogens with zero attached hydrogens (tertiary/aromatic N) is 1. The van der Waals surface area contributed by atoms with Crippen LogP contribution in [0.1, 0.15) is 26.3 Å². The number of fused-ring (bicyclic) bond motifs is 2. The molecule has 196 valence electrons. The Hall–Kier alpha value is -5.70. The number of carbonyl (C=O) groups is 2. The van der Waals surface area contributed by atoms with E-state index in [1.807, 2.05) is 30.3 Å². The third-order valence-electron chi connectivity index (χ3n) is 6.37. The van der Waals surface area contributed by atoms with Crippen molar-refractivity contribution in [1.29, 1.82) is 0 Å². The Morgan fingerprint density at radius 1 is 0.925 bits per heavy atom. The van der Waals surface area contributed by atoms with Crippen LogP contribution in [0.5, 0.6) is 17.2 Å². The number of methoxy groups -OCH3 is 1. The molecule has 9 nitrogen and oxygen atoms in total. The number of esters is 1. The maximum absolute atomic E-state index is 13.5. The van der Waals surface area contributed by atoms with Crippen molar-refractivity contribution in [2.45, 2.75) is 0 Å². The average molecular weight is 533 g/mol. The average Bonchev–Trinajstić information content (AvgIpc) is 3.50. The Bertz CT molecular complexity index is 1850. The van der Waals surface area contributed by atoms with Crippen molar-refractivity contribution in [1.82, 2.24) is 0 Å². The lowest BCUT2D eigenvalue weighted by molar-refractivity contribution is -0.384. The lowest BCUT2D eigenvalue weighted by Crippen LogP contribution is -2.09. The molecule has 0 fully saturated rings. The van der Waals surface area contributed by atoms with Gasteiger partial charge >= 0.3 is 5.97 Å². The zero-order valence-electron chi connectivity index (χ0n) is 21.0. The summed E-state index contributed by atoms with van der Waals surface area (Å²) in [6.07, 6.45) is 1.43. The van der Waals surface area contributed by atoms with E-state index in [2.05, 4.69) is 0 Å². The topological polar surface area (TPSA) is 118 Å². The van der Waals surface area contributed by atoms with E-state index in [9.17, 15) is 19.7 Å². The van der Waals surface area contributed by atoms with Crippen LogP contribution in [0.25, 0.3) is 28.4 Å². The van der Waals surface area contributed by atoms with E-state index in [0.717, 1.165) is 0 Å². The van der Waals surface area contributed by atoms with Crippen LogP contribution in [0.2, 0.25) is 0 Å². The number of carbonyl (C=O) groups excluding carboxylic acids is 2. The molecule has 6 rings (SSSR count). The number of ketones is 1. The monoisotopic (exact) mass is 533 g/mol. The molecule has 0 N–H and O–H groups in total. The van der Waals surface area contributed by atoms with Gasteiger partial charge < -0.3 is 18.6 Å². The van der Waals surface area contributed by atoms with E-state index in [4.69, 9.17) is 18.6 Å². The molecule has 2 heterocycles. The molecule has 0 saturated heterocycles. The van der Waals surface area contributed by atoms with E-state index >= 15 is 0 Å². The summed E-state index contributed by atoms with van der Waals surface area (Å²) in [6, 6.07) is 24.7. The van der Waals surface area contributed by atoms with Gasteiger partial charge in [0.05, 0.1) is 17.6 Å². The third-order valence-corrected chi connectivity index (χ3v) is 6.37. The van der Waals surface area contributed by atoms with Crippen LogP contribution in [-0.2, 0) is 0 Å². The molecule has 5 aromatic rings. The molecule has 9 heteroatoms.